The van der Waals surface area contributed by atoms with E-state index in [0.717, 1.165) is 12.0 Å². The molecule has 0 atom stereocenters. The van der Waals surface area contributed by atoms with Gasteiger partial charge in [-0.15, -0.1) is 0 Å². The average molecular weight is 225 g/mol. The molecule has 16 heavy (non-hydrogen) atoms. The number of hydrogen-bond acceptors (Lipinski definition) is 2. The summed E-state index contributed by atoms with van der Waals surface area (Å²) < 4.78 is 18.6. The Labute approximate surface area is 96.6 Å². The largest absolute Gasteiger partial charge is 0.497 e. The molecule has 1 rings (SSSR count). The molecule has 0 saturated heterocycles. The molecule has 0 heterocycles. The van der Waals surface area contributed by atoms with Crippen LogP contribution >= 0.6 is 0 Å². The number of aryl methyl sites for hydroxylation is 1. The lowest BCUT2D eigenvalue weighted by molar-refractivity contribution is 0.345. The first kappa shape index (κ1) is 13.0. The summed E-state index contributed by atoms with van der Waals surface area (Å²) in [5.41, 5.74) is 6.43. The molecule has 1 aromatic carbocycles. The molecule has 1 aromatic rings. The predicted molar refractivity (Wildman–Crippen MR) is 64.1 cm³/mol. The van der Waals surface area contributed by atoms with Crippen molar-refractivity contribution in [3.8, 4) is 5.75 Å². The molecule has 90 valence electrons. The smallest absolute Gasteiger partial charge is 0.130 e. The van der Waals surface area contributed by atoms with Gasteiger partial charge in [-0.1, -0.05) is 19.9 Å². The highest BCUT2D eigenvalue weighted by Gasteiger charge is 2.16. The summed E-state index contributed by atoms with van der Waals surface area (Å²) in [6, 6.07) is 4.99. The molecular formula is C13H20FNO. The summed E-state index contributed by atoms with van der Waals surface area (Å²) in [5.74, 6) is 0.353. The summed E-state index contributed by atoms with van der Waals surface area (Å²) in [6.45, 7) is 4.80. The predicted octanol–water partition coefficient (Wildman–Crippen LogP) is 2.75. The minimum Gasteiger partial charge on any atom is -0.497 e. The summed E-state index contributed by atoms with van der Waals surface area (Å²) >= 11 is 0. The zero-order valence-electron chi connectivity index (χ0n) is 10.2. The van der Waals surface area contributed by atoms with E-state index in [9.17, 15) is 4.39 Å². The van der Waals surface area contributed by atoms with Crippen LogP contribution in [0, 0.1) is 11.2 Å². The Morgan fingerprint density at radius 3 is 2.56 bits per heavy atom. The van der Waals surface area contributed by atoms with E-state index in [0.29, 0.717) is 18.7 Å². The van der Waals surface area contributed by atoms with Gasteiger partial charge in [-0.3, -0.25) is 0 Å². The molecule has 0 aliphatic rings. The number of methoxy groups -OCH3 is 1. The van der Waals surface area contributed by atoms with E-state index < -0.39 is 0 Å². The number of hydrogen-bond donors (Lipinski definition) is 1. The lowest BCUT2D eigenvalue weighted by Gasteiger charge is -2.22. The molecule has 2 nitrogen and oxygen atoms in total. The van der Waals surface area contributed by atoms with Crippen molar-refractivity contribution in [1.29, 1.82) is 0 Å². The molecule has 0 aliphatic carbocycles. The first-order valence-corrected chi connectivity index (χ1v) is 5.51. The molecule has 0 unspecified atom stereocenters. The van der Waals surface area contributed by atoms with Crippen molar-refractivity contribution in [1.82, 2.24) is 0 Å². The maximum Gasteiger partial charge on any atom is 0.130 e. The SMILES string of the molecule is COc1ccc(CCC(C)(C)CN)c(F)c1. The van der Waals surface area contributed by atoms with E-state index in [2.05, 4.69) is 13.8 Å². The summed E-state index contributed by atoms with van der Waals surface area (Å²) in [5, 5.41) is 0. The third kappa shape index (κ3) is 3.49. The van der Waals surface area contributed by atoms with Crippen LogP contribution < -0.4 is 10.5 Å². The number of halogens is 1. The van der Waals surface area contributed by atoms with Gasteiger partial charge in [0.15, 0.2) is 0 Å². The molecule has 0 bridgehead atoms. The summed E-state index contributed by atoms with van der Waals surface area (Å²) in [7, 11) is 1.53. The normalized spacial score (nSPS) is 11.6. The first-order valence-electron chi connectivity index (χ1n) is 5.51. The van der Waals surface area contributed by atoms with E-state index in [1.165, 1.54) is 13.2 Å². The van der Waals surface area contributed by atoms with E-state index >= 15 is 0 Å². The summed E-state index contributed by atoms with van der Waals surface area (Å²) in [4.78, 5) is 0. The maximum atomic E-state index is 13.6. The van der Waals surface area contributed by atoms with Crippen LogP contribution in [0.4, 0.5) is 4.39 Å². The van der Waals surface area contributed by atoms with Crippen molar-refractivity contribution in [2.45, 2.75) is 26.7 Å². The standard InChI is InChI=1S/C13H20FNO/c1-13(2,9-15)7-6-10-4-5-11(16-3)8-12(10)14/h4-5,8H,6-7,9,15H2,1-3H3. The van der Waals surface area contributed by atoms with Crippen LogP contribution in [0.15, 0.2) is 18.2 Å². The lowest BCUT2D eigenvalue weighted by Crippen LogP contribution is -2.24. The van der Waals surface area contributed by atoms with Crippen LogP contribution in [0.3, 0.4) is 0 Å². The molecule has 0 aliphatic heterocycles. The Balaban J connectivity index is 2.68. The topological polar surface area (TPSA) is 35.2 Å². The molecule has 0 fully saturated rings. The maximum absolute atomic E-state index is 13.6. The van der Waals surface area contributed by atoms with Crippen molar-refractivity contribution in [3.05, 3.63) is 29.6 Å². The number of benzene rings is 1. The van der Waals surface area contributed by atoms with Crippen LogP contribution in [0.25, 0.3) is 0 Å². The zero-order chi connectivity index (χ0) is 12.2. The highest BCUT2D eigenvalue weighted by molar-refractivity contribution is 5.29. The van der Waals surface area contributed by atoms with Gasteiger partial charge in [0.1, 0.15) is 11.6 Å². The third-order valence-electron chi connectivity index (χ3n) is 2.88. The Kier molecular flexibility index (Phi) is 4.30. The van der Waals surface area contributed by atoms with Gasteiger partial charge < -0.3 is 10.5 Å². The molecular weight excluding hydrogens is 205 g/mol. The molecule has 3 heteroatoms. The second kappa shape index (κ2) is 5.30. The molecule has 0 aromatic heterocycles. The quantitative estimate of drug-likeness (QED) is 0.836. The van der Waals surface area contributed by atoms with E-state index in [4.69, 9.17) is 10.5 Å². The van der Waals surface area contributed by atoms with Gasteiger partial charge in [-0.25, -0.2) is 4.39 Å². The van der Waals surface area contributed by atoms with Crippen LogP contribution in [0.5, 0.6) is 5.75 Å². The minimum absolute atomic E-state index is 0.0619. The van der Waals surface area contributed by atoms with Crippen molar-refractivity contribution >= 4 is 0 Å². The Morgan fingerprint density at radius 1 is 1.38 bits per heavy atom. The van der Waals surface area contributed by atoms with Crippen LogP contribution in [0.2, 0.25) is 0 Å². The van der Waals surface area contributed by atoms with E-state index in [1.54, 1.807) is 12.1 Å². The van der Waals surface area contributed by atoms with Crippen molar-refractivity contribution in [3.63, 3.8) is 0 Å². The minimum atomic E-state index is -0.202. The van der Waals surface area contributed by atoms with Gasteiger partial charge in [0.05, 0.1) is 7.11 Å². The monoisotopic (exact) mass is 225 g/mol. The number of rotatable bonds is 5. The fourth-order valence-electron chi connectivity index (χ4n) is 1.43. The second-order valence-corrected chi connectivity index (χ2v) is 4.83. The highest BCUT2D eigenvalue weighted by Crippen LogP contribution is 2.23. The Hall–Kier alpha value is -1.09. The fourth-order valence-corrected chi connectivity index (χ4v) is 1.43. The van der Waals surface area contributed by atoms with Crippen molar-refractivity contribution in [2.24, 2.45) is 11.1 Å². The first-order chi connectivity index (χ1) is 7.48. The van der Waals surface area contributed by atoms with E-state index in [1.807, 2.05) is 0 Å². The number of nitrogens with two attached hydrogens (primary N) is 1. The molecule has 2 N–H and O–H groups in total. The van der Waals surface area contributed by atoms with E-state index in [-0.39, 0.29) is 11.2 Å². The third-order valence-corrected chi connectivity index (χ3v) is 2.88. The Morgan fingerprint density at radius 2 is 2.06 bits per heavy atom. The van der Waals surface area contributed by atoms with Crippen LogP contribution in [0.1, 0.15) is 25.8 Å². The number of ether oxygens (including phenoxy) is 1. The van der Waals surface area contributed by atoms with Gasteiger partial charge in [0.25, 0.3) is 0 Å². The van der Waals surface area contributed by atoms with Crippen molar-refractivity contribution < 1.29 is 9.13 Å². The highest BCUT2D eigenvalue weighted by atomic mass is 19.1. The second-order valence-electron chi connectivity index (χ2n) is 4.83. The van der Waals surface area contributed by atoms with Crippen LogP contribution in [-0.4, -0.2) is 13.7 Å². The molecule has 0 saturated carbocycles. The fraction of sp³-hybridized carbons (Fsp3) is 0.538. The van der Waals surface area contributed by atoms with Crippen molar-refractivity contribution in [2.75, 3.05) is 13.7 Å². The molecule has 0 radical (unpaired) electrons. The van der Waals surface area contributed by atoms with Gasteiger partial charge in [-0.05, 0) is 36.4 Å². The summed E-state index contributed by atoms with van der Waals surface area (Å²) in [6.07, 6.45) is 1.59. The van der Waals surface area contributed by atoms with Gasteiger partial charge in [0, 0.05) is 6.07 Å². The lowest BCUT2D eigenvalue weighted by atomic mass is 9.86. The Bertz CT molecular complexity index is 350. The van der Waals surface area contributed by atoms with Gasteiger partial charge in [0.2, 0.25) is 0 Å². The van der Waals surface area contributed by atoms with Crippen LogP contribution in [-0.2, 0) is 6.42 Å². The molecule has 0 amide bonds. The zero-order valence-corrected chi connectivity index (χ0v) is 10.2. The van der Waals surface area contributed by atoms with Gasteiger partial charge in [-0.2, -0.15) is 0 Å². The van der Waals surface area contributed by atoms with Gasteiger partial charge >= 0.3 is 0 Å². The average Bonchev–Trinajstić information content (AvgIpc) is 2.27. The molecule has 0 spiro atoms.